The van der Waals surface area contributed by atoms with Crippen LogP contribution < -0.4 is 10.2 Å². The van der Waals surface area contributed by atoms with Crippen LogP contribution in [0.25, 0.3) is 0 Å². The molecule has 1 saturated heterocycles. The highest BCUT2D eigenvalue weighted by Crippen LogP contribution is 2.22. The topological polar surface area (TPSA) is 88.1 Å². The van der Waals surface area contributed by atoms with E-state index >= 15 is 0 Å². The summed E-state index contributed by atoms with van der Waals surface area (Å²) in [5.41, 5.74) is 0.787. The van der Waals surface area contributed by atoms with E-state index in [1.165, 1.54) is 6.20 Å². The Kier molecular flexibility index (Phi) is 4.36. The summed E-state index contributed by atoms with van der Waals surface area (Å²) in [4.78, 5) is 6.16. The van der Waals surface area contributed by atoms with Crippen LogP contribution in [-0.2, 0) is 9.84 Å². The summed E-state index contributed by atoms with van der Waals surface area (Å²) >= 11 is 5.95. The van der Waals surface area contributed by atoms with E-state index in [0.717, 1.165) is 5.69 Å². The minimum atomic E-state index is -2.96. The second-order valence-corrected chi connectivity index (χ2v) is 8.11. The average Bonchev–Trinajstić information content (AvgIpc) is 2.87. The predicted molar refractivity (Wildman–Crippen MR) is 90.0 cm³/mol. The average molecular weight is 354 g/mol. The normalized spacial score (nSPS) is 19.5. The van der Waals surface area contributed by atoms with Crippen molar-refractivity contribution in [3.8, 4) is 0 Å². The lowest BCUT2D eigenvalue weighted by Gasteiger charge is -2.22. The third-order valence-electron chi connectivity index (χ3n) is 3.72. The maximum Gasteiger partial charge on any atom is 0.247 e. The van der Waals surface area contributed by atoms with Gasteiger partial charge < -0.3 is 10.2 Å². The molecule has 1 fully saturated rings. The lowest BCUT2D eigenvalue weighted by Crippen LogP contribution is -2.34. The first-order valence-electron chi connectivity index (χ1n) is 7.08. The number of halogens is 1. The lowest BCUT2D eigenvalue weighted by molar-refractivity contribution is 0.600. The van der Waals surface area contributed by atoms with Crippen molar-refractivity contribution in [2.45, 2.75) is 12.5 Å². The molecule has 1 unspecified atom stereocenters. The summed E-state index contributed by atoms with van der Waals surface area (Å²) in [5, 5.41) is 11.6. The van der Waals surface area contributed by atoms with Crippen molar-refractivity contribution in [2.24, 2.45) is 0 Å². The molecule has 0 bridgehead atoms. The summed E-state index contributed by atoms with van der Waals surface area (Å²) < 4.78 is 23.2. The first-order chi connectivity index (χ1) is 10.9. The molecule has 1 aromatic carbocycles. The highest BCUT2D eigenvalue weighted by Gasteiger charge is 2.31. The molecule has 0 saturated carbocycles. The molecule has 0 radical (unpaired) electrons. The van der Waals surface area contributed by atoms with E-state index < -0.39 is 9.84 Å². The number of anilines is 3. The fraction of sp³-hybridized carbons (Fsp3) is 0.357. The number of hydrogen-bond donors (Lipinski definition) is 1. The van der Waals surface area contributed by atoms with Crippen LogP contribution in [0.15, 0.2) is 30.5 Å². The molecule has 9 heteroatoms. The van der Waals surface area contributed by atoms with Crippen molar-refractivity contribution in [2.75, 3.05) is 28.8 Å². The standard InChI is InChI=1S/C14H16ClN5O2S/c1-20(12-5-6-23(21,22)9-12)14-18-13(8-16-19-14)17-11-4-2-3-10(15)7-11/h2-4,7-8,12H,5-6,9H2,1H3,(H,17,18,19). The van der Waals surface area contributed by atoms with Crippen LogP contribution in [-0.4, -0.2) is 48.2 Å². The Labute approximate surface area is 139 Å². The molecule has 1 atom stereocenters. The number of nitrogens with zero attached hydrogens (tertiary/aromatic N) is 4. The third-order valence-corrected chi connectivity index (χ3v) is 5.70. The Hall–Kier alpha value is -1.93. The van der Waals surface area contributed by atoms with E-state index in [-0.39, 0.29) is 17.5 Å². The maximum absolute atomic E-state index is 11.6. The summed E-state index contributed by atoms with van der Waals surface area (Å²) in [6.07, 6.45) is 2.08. The van der Waals surface area contributed by atoms with Crippen molar-refractivity contribution in [1.82, 2.24) is 15.2 Å². The number of aromatic nitrogens is 3. The molecule has 1 aliphatic rings. The fourth-order valence-electron chi connectivity index (χ4n) is 2.46. The molecule has 23 heavy (non-hydrogen) atoms. The van der Waals surface area contributed by atoms with Crippen LogP contribution in [0.3, 0.4) is 0 Å². The van der Waals surface area contributed by atoms with E-state index in [2.05, 4.69) is 20.5 Å². The van der Waals surface area contributed by atoms with Gasteiger partial charge in [-0.3, -0.25) is 0 Å². The van der Waals surface area contributed by atoms with E-state index in [9.17, 15) is 8.42 Å². The molecule has 3 rings (SSSR count). The predicted octanol–water partition coefficient (Wildman–Crippen LogP) is 1.89. The van der Waals surface area contributed by atoms with Crippen molar-refractivity contribution >= 4 is 38.9 Å². The molecule has 1 aromatic heterocycles. The van der Waals surface area contributed by atoms with Crippen LogP contribution in [0.1, 0.15) is 6.42 Å². The van der Waals surface area contributed by atoms with Gasteiger partial charge in [-0.1, -0.05) is 17.7 Å². The van der Waals surface area contributed by atoms with Gasteiger partial charge in [-0.05, 0) is 24.6 Å². The van der Waals surface area contributed by atoms with Crippen LogP contribution in [0, 0.1) is 0 Å². The Bertz CT molecular complexity index is 814. The van der Waals surface area contributed by atoms with Gasteiger partial charge in [-0.2, -0.15) is 10.1 Å². The molecular formula is C14H16ClN5O2S. The SMILES string of the molecule is CN(c1nncc(Nc2cccc(Cl)c2)n1)C1CCS(=O)(=O)C1. The zero-order valence-electron chi connectivity index (χ0n) is 12.5. The molecule has 122 valence electrons. The molecular weight excluding hydrogens is 338 g/mol. The molecule has 0 spiro atoms. The first-order valence-corrected chi connectivity index (χ1v) is 9.28. The summed E-state index contributed by atoms with van der Waals surface area (Å²) in [6, 6.07) is 7.13. The second kappa shape index (κ2) is 6.29. The van der Waals surface area contributed by atoms with Gasteiger partial charge in [0.1, 0.15) is 0 Å². The monoisotopic (exact) mass is 353 g/mol. The Morgan fingerprint density at radius 3 is 2.91 bits per heavy atom. The summed E-state index contributed by atoms with van der Waals surface area (Å²) in [5.74, 6) is 1.23. The molecule has 7 nitrogen and oxygen atoms in total. The quantitative estimate of drug-likeness (QED) is 0.897. The van der Waals surface area contributed by atoms with Crippen molar-refractivity contribution < 1.29 is 8.42 Å². The zero-order valence-corrected chi connectivity index (χ0v) is 14.0. The second-order valence-electron chi connectivity index (χ2n) is 5.44. The minimum Gasteiger partial charge on any atom is -0.339 e. The molecule has 0 amide bonds. The first kappa shape index (κ1) is 15.9. The Balaban J connectivity index is 1.77. The minimum absolute atomic E-state index is 0.122. The van der Waals surface area contributed by atoms with Gasteiger partial charge in [-0.25, -0.2) is 8.42 Å². The lowest BCUT2D eigenvalue weighted by atomic mass is 10.2. The largest absolute Gasteiger partial charge is 0.339 e. The van der Waals surface area contributed by atoms with E-state index in [1.54, 1.807) is 24.1 Å². The molecule has 2 aromatic rings. The van der Waals surface area contributed by atoms with E-state index in [1.807, 2.05) is 12.1 Å². The number of benzene rings is 1. The van der Waals surface area contributed by atoms with Gasteiger partial charge in [0.25, 0.3) is 0 Å². The number of sulfone groups is 1. The van der Waals surface area contributed by atoms with Crippen LogP contribution in [0.5, 0.6) is 0 Å². The maximum atomic E-state index is 11.6. The van der Waals surface area contributed by atoms with Crippen molar-refractivity contribution in [1.29, 1.82) is 0 Å². The highest BCUT2D eigenvalue weighted by molar-refractivity contribution is 7.91. The highest BCUT2D eigenvalue weighted by atomic mass is 35.5. The number of rotatable bonds is 4. The molecule has 2 heterocycles. The van der Waals surface area contributed by atoms with Crippen molar-refractivity contribution in [3.05, 3.63) is 35.5 Å². The molecule has 1 aliphatic heterocycles. The Morgan fingerprint density at radius 1 is 1.39 bits per heavy atom. The molecule has 1 N–H and O–H groups in total. The summed E-state index contributed by atoms with van der Waals surface area (Å²) in [6.45, 7) is 0. The van der Waals surface area contributed by atoms with Crippen LogP contribution in [0.2, 0.25) is 5.02 Å². The van der Waals surface area contributed by atoms with Gasteiger partial charge in [0.2, 0.25) is 5.95 Å². The van der Waals surface area contributed by atoms with Gasteiger partial charge in [0, 0.05) is 23.8 Å². The van der Waals surface area contributed by atoms with Crippen LogP contribution >= 0.6 is 11.6 Å². The Morgan fingerprint density at radius 2 is 2.22 bits per heavy atom. The van der Waals surface area contributed by atoms with E-state index in [4.69, 9.17) is 11.6 Å². The number of nitrogens with one attached hydrogen (secondary N) is 1. The van der Waals surface area contributed by atoms with Gasteiger partial charge in [0.15, 0.2) is 15.7 Å². The van der Waals surface area contributed by atoms with Gasteiger partial charge in [0.05, 0.1) is 17.7 Å². The molecule has 0 aliphatic carbocycles. The van der Waals surface area contributed by atoms with Gasteiger partial charge in [-0.15, -0.1) is 5.10 Å². The summed E-state index contributed by atoms with van der Waals surface area (Å²) in [7, 11) is -1.18. The number of hydrogen-bond acceptors (Lipinski definition) is 7. The van der Waals surface area contributed by atoms with Gasteiger partial charge >= 0.3 is 0 Å². The zero-order chi connectivity index (χ0) is 16.4. The van der Waals surface area contributed by atoms with Crippen LogP contribution in [0.4, 0.5) is 17.5 Å². The van der Waals surface area contributed by atoms with Crippen molar-refractivity contribution in [3.63, 3.8) is 0 Å². The fourth-order valence-corrected chi connectivity index (χ4v) is 4.43. The third kappa shape index (κ3) is 3.89. The van der Waals surface area contributed by atoms with E-state index in [0.29, 0.717) is 23.2 Å². The smallest absolute Gasteiger partial charge is 0.247 e.